The second-order valence-corrected chi connectivity index (χ2v) is 4.33. The summed E-state index contributed by atoms with van der Waals surface area (Å²) in [7, 11) is 0. The fourth-order valence-electron chi connectivity index (χ4n) is 1.89. The van der Waals surface area contributed by atoms with Gasteiger partial charge in [0, 0.05) is 25.2 Å². The fourth-order valence-corrected chi connectivity index (χ4v) is 2.04. The van der Waals surface area contributed by atoms with Crippen LogP contribution in [0.2, 0.25) is 5.15 Å². The van der Waals surface area contributed by atoms with Crippen LogP contribution in [-0.4, -0.2) is 45.2 Å². The highest BCUT2D eigenvalue weighted by Gasteiger charge is 2.23. The summed E-state index contributed by atoms with van der Waals surface area (Å²) in [4.78, 5) is 20.1. The molecule has 0 bridgehead atoms. The molecule has 1 aliphatic rings. The van der Waals surface area contributed by atoms with Gasteiger partial charge in [-0.1, -0.05) is 11.6 Å². The highest BCUT2D eigenvalue weighted by atomic mass is 35.5. The van der Waals surface area contributed by atoms with Gasteiger partial charge in [0.25, 0.3) is 0 Å². The number of rotatable bonds is 2. The van der Waals surface area contributed by atoms with Gasteiger partial charge in [-0.3, -0.25) is 0 Å². The van der Waals surface area contributed by atoms with E-state index in [-0.39, 0.29) is 6.04 Å². The van der Waals surface area contributed by atoms with E-state index in [1.54, 1.807) is 6.07 Å². The number of likely N-dealkylation sites (tertiary alicyclic amines) is 1. The van der Waals surface area contributed by atoms with Crippen LogP contribution in [0.1, 0.15) is 12.8 Å². The topological polar surface area (TPSA) is 78.4 Å². The molecule has 0 aliphatic carbocycles. The Morgan fingerprint density at radius 3 is 3.12 bits per heavy atom. The van der Waals surface area contributed by atoms with E-state index in [1.165, 1.54) is 11.2 Å². The van der Waals surface area contributed by atoms with Crippen molar-refractivity contribution in [1.82, 2.24) is 14.9 Å². The average Bonchev–Trinajstić information content (AvgIpc) is 2.29. The second-order valence-electron chi connectivity index (χ2n) is 3.94. The molecule has 1 atom stereocenters. The Balaban J connectivity index is 1.97. The van der Waals surface area contributed by atoms with Crippen molar-refractivity contribution in [3.8, 4) is 0 Å². The molecule has 7 heteroatoms. The SMILES string of the molecule is O=C(O)N1CCCC(Nc2cc(Cl)ncn2)C1. The van der Waals surface area contributed by atoms with Crippen LogP contribution in [0.15, 0.2) is 12.4 Å². The van der Waals surface area contributed by atoms with Crippen LogP contribution in [0.5, 0.6) is 0 Å². The molecule has 6 nitrogen and oxygen atoms in total. The smallest absolute Gasteiger partial charge is 0.407 e. The standard InChI is InChI=1S/C10H13ClN4O2/c11-8-4-9(13-6-12-8)14-7-2-1-3-15(5-7)10(16)17/h4,6-7H,1-3,5H2,(H,16,17)(H,12,13,14). The number of nitrogens with one attached hydrogen (secondary N) is 1. The number of halogens is 1. The van der Waals surface area contributed by atoms with E-state index in [0.29, 0.717) is 24.1 Å². The summed E-state index contributed by atoms with van der Waals surface area (Å²) in [6, 6.07) is 1.70. The van der Waals surface area contributed by atoms with Crippen molar-refractivity contribution in [2.45, 2.75) is 18.9 Å². The lowest BCUT2D eigenvalue weighted by molar-refractivity contribution is 0.133. The Morgan fingerprint density at radius 2 is 2.41 bits per heavy atom. The van der Waals surface area contributed by atoms with Crippen molar-refractivity contribution < 1.29 is 9.90 Å². The number of hydrogen-bond donors (Lipinski definition) is 2. The zero-order valence-electron chi connectivity index (χ0n) is 9.14. The minimum atomic E-state index is -0.878. The molecule has 1 amide bonds. The van der Waals surface area contributed by atoms with E-state index in [4.69, 9.17) is 16.7 Å². The summed E-state index contributed by atoms with van der Waals surface area (Å²) in [5, 5.41) is 12.5. The van der Waals surface area contributed by atoms with Crippen molar-refractivity contribution >= 4 is 23.5 Å². The fraction of sp³-hybridized carbons (Fsp3) is 0.500. The summed E-state index contributed by atoms with van der Waals surface area (Å²) in [6.45, 7) is 1.06. The zero-order valence-corrected chi connectivity index (χ0v) is 9.89. The van der Waals surface area contributed by atoms with Gasteiger partial charge in [0.2, 0.25) is 0 Å². The second kappa shape index (κ2) is 5.18. The van der Waals surface area contributed by atoms with Gasteiger partial charge in [0.05, 0.1) is 0 Å². The molecule has 0 radical (unpaired) electrons. The molecule has 1 aliphatic heterocycles. The monoisotopic (exact) mass is 256 g/mol. The predicted molar refractivity (Wildman–Crippen MR) is 63.3 cm³/mol. The number of amides is 1. The molecule has 2 rings (SSSR count). The molecule has 0 aromatic carbocycles. The maximum absolute atomic E-state index is 10.9. The van der Waals surface area contributed by atoms with Crippen molar-refractivity contribution in [3.05, 3.63) is 17.5 Å². The molecule has 0 spiro atoms. The van der Waals surface area contributed by atoms with E-state index in [9.17, 15) is 4.79 Å². The number of anilines is 1. The van der Waals surface area contributed by atoms with Gasteiger partial charge in [-0.15, -0.1) is 0 Å². The Labute approximate surface area is 104 Å². The first-order valence-corrected chi connectivity index (χ1v) is 5.75. The van der Waals surface area contributed by atoms with Crippen LogP contribution < -0.4 is 5.32 Å². The predicted octanol–water partition coefficient (Wildman–Crippen LogP) is 1.68. The summed E-state index contributed by atoms with van der Waals surface area (Å²) in [6.07, 6.45) is 2.27. The summed E-state index contributed by atoms with van der Waals surface area (Å²) >= 11 is 5.75. The number of carbonyl (C=O) groups is 1. The lowest BCUT2D eigenvalue weighted by atomic mass is 10.1. The number of piperidine rings is 1. The Kier molecular flexibility index (Phi) is 3.63. The van der Waals surface area contributed by atoms with E-state index >= 15 is 0 Å². The van der Waals surface area contributed by atoms with Crippen LogP contribution in [0.25, 0.3) is 0 Å². The van der Waals surface area contributed by atoms with Gasteiger partial charge in [-0.25, -0.2) is 14.8 Å². The number of carboxylic acid groups (broad SMARTS) is 1. The third kappa shape index (κ3) is 3.20. The van der Waals surface area contributed by atoms with Crippen LogP contribution in [0, 0.1) is 0 Å². The molecule has 0 saturated carbocycles. The highest BCUT2D eigenvalue weighted by molar-refractivity contribution is 6.29. The summed E-state index contributed by atoms with van der Waals surface area (Å²) in [5.41, 5.74) is 0. The van der Waals surface area contributed by atoms with Crippen LogP contribution in [0.4, 0.5) is 10.6 Å². The lowest BCUT2D eigenvalue weighted by Crippen LogP contribution is -2.44. The van der Waals surface area contributed by atoms with E-state index in [1.807, 2.05) is 0 Å². The zero-order chi connectivity index (χ0) is 12.3. The molecule has 2 N–H and O–H groups in total. The largest absolute Gasteiger partial charge is 0.465 e. The summed E-state index contributed by atoms with van der Waals surface area (Å²) < 4.78 is 0. The number of hydrogen-bond acceptors (Lipinski definition) is 4. The minimum absolute atomic E-state index is 0.0748. The van der Waals surface area contributed by atoms with Gasteiger partial charge >= 0.3 is 6.09 Å². The molecular formula is C10H13ClN4O2. The van der Waals surface area contributed by atoms with Gasteiger partial charge in [0.1, 0.15) is 17.3 Å². The Morgan fingerprint density at radius 1 is 1.59 bits per heavy atom. The van der Waals surface area contributed by atoms with Crippen molar-refractivity contribution in [2.75, 3.05) is 18.4 Å². The lowest BCUT2D eigenvalue weighted by Gasteiger charge is -2.31. The first kappa shape index (κ1) is 11.9. The van der Waals surface area contributed by atoms with Gasteiger partial charge in [0.15, 0.2) is 0 Å². The highest BCUT2D eigenvalue weighted by Crippen LogP contribution is 2.16. The molecule has 1 saturated heterocycles. The minimum Gasteiger partial charge on any atom is -0.465 e. The van der Waals surface area contributed by atoms with Crippen LogP contribution in [-0.2, 0) is 0 Å². The van der Waals surface area contributed by atoms with E-state index in [2.05, 4.69) is 15.3 Å². The van der Waals surface area contributed by atoms with Gasteiger partial charge in [-0.2, -0.15) is 0 Å². The average molecular weight is 257 g/mol. The van der Waals surface area contributed by atoms with Crippen LogP contribution in [0.3, 0.4) is 0 Å². The Bertz CT molecular complexity index is 415. The van der Waals surface area contributed by atoms with Gasteiger partial charge in [-0.05, 0) is 12.8 Å². The third-order valence-corrected chi connectivity index (χ3v) is 2.88. The quantitative estimate of drug-likeness (QED) is 0.787. The van der Waals surface area contributed by atoms with Gasteiger partial charge < -0.3 is 15.3 Å². The molecule has 92 valence electrons. The first-order valence-electron chi connectivity index (χ1n) is 5.37. The normalized spacial score (nSPS) is 20.1. The van der Waals surface area contributed by atoms with E-state index in [0.717, 1.165) is 12.8 Å². The molecule has 1 unspecified atom stereocenters. The molecule has 17 heavy (non-hydrogen) atoms. The maximum Gasteiger partial charge on any atom is 0.407 e. The molecule has 1 fully saturated rings. The summed E-state index contributed by atoms with van der Waals surface area (Å²) in [5.74, 6) is 0.627. The van der Waals surface area contributed by atoms with Crippen molar-refractivity contribution in [3.63, 3.8) is 0 Å². The van der Waals surface area contributed by atoms with Crippen LogP contribution >= 0.6 is 11.6 Å². The molecule has 1 aromatic rings. The van der Waals surface area contributed by atoms with E-state index < -0.39 is 6.09 Å². The van der Waals surface area contributed by atoms with Crippen molar-refractivity contribution in [1.29, 1.82) is 0 Å². The number of nitrogens with zero attached hydrogens (tertiary/aromatic N) is 3. The third-order valence-electron chi connectivity index (χ3n) is 2.68. The Hall–Kier alpha value is -1.56. The molecule has 1 aromatic heterocycles. The molecule has 2 heterocycles. The number of aromatic nitrogens is 2. The maximum atomic E-state index is 10.9. The first-order chi connectivity index (χ1) is 8.15. The van der Waals surface area contributed by atoms with Crippen molar-refractivity contribution in [2.24, 2.45) is 0 Å². The molecular weight excluding hydrogens is 244 g/mol.